The Balaban J connectivity index is 1.50. The summed E-state index contributed by atoms with van der Waals surface area (Å²) >= 11 is 1.65. The third-order valence-corrected chi connectivity index (χ3v) is 5.11. The van der Waals surface area contributed by atoms with Crippen molar-refractivity contribution >= 4 is 11.3 Å². The molecule has 0 unspecified atom stereocenters. The smallest absolute Gasteiger partial charge is 0.148 e. The average Bonchev–Trinajstić information content (AvgIpc) is 3.18. The molecule has 0 aliphatic rings. The van der Waals surface area contributed by atoms with Crippen LogP contribution in [0, 0.1) is 0 Å². The van der Waals surface area contributed by atoms with Crippen molar-refractivity contribution in [2.75, 3.05) is 0 Å². The summed E-state index contributed by atoms with van der Waals surface area (Å²) < 4.78 is 0. The summed E-state index contributed by atoms with van der Waals surface area (Å²) in [6.45, 7) is 1.55. The van der Waals surface area contributed by atoms with Gasteiger partial charge in [0.05, 0.1) is 6.54 Å². The highest BCUT2D eigenvalue weighted by Crippen LogP contribution is 2.33. The zero-order chi connectivity index (χ0) is 17.6. The van der Waals surface area contributed by atoms with E-state index in [4.69, 9.17) is 0 Å². The van der Waals surface area contributed by atoms with Crippen LogP contribution in [0.15, 0.2) is 84.9 Å². The molecule has 0 aliphatic carbocycles. The Kier molecular flexibility index (Phi) is 5.14. The largest absolute Gasteiger partial charge is 0.306 e. The van der Waals surface area contributed by atoms with Crippen LogP contribution in [-0.2, 0) is 13.1 Å². The molecule has 1 heterocycles. The van der Waals surface area contributed by atoms with Gasteiger partial charge in [-0.3, -0.25) is 0 Å². The van der Waals surface area contributed by atoms with E-state index >= 15 is 0 Å². The predicted molar refractivity (Wildman–Crippen MR) is 108 cm³/mol. The van der Waals surface area contributed by atoms with Crippen molar-refractivity contribution < 1.29 is 0 Å². The SMILES string of the molecule is c1ccc(CNCc2nnc(-c3ccccc3-c3ccccc3)s2)cc1. The van der Waals surface area contributed by atoms with E-state index in [0.29, 0.717) is 0 Å². The zero-order valence-corrected chi connectivity index (χ0v) is 15.1. The molecule has 26 heavy (non-hydrogen) atoms. The second kappa shape index (κ2) is 8.04. The minimum Gasteiger partial charge on any atom is -0.306 e. The molecular weight excluding hydrogens is 338 g/mol. The van der Waals surface area contributed by atoms with Gasteiger partial charge in [0, 0.05) is 12.1 Å². The normalized spacial score (nSPS) is 10.8. The molecule has 128 valence electrons. The van der Waals surface area contributed by atoms with Crippen molar-refractivity contribution in [3.8, 4) is 21.7 Å². The Bertz CT molecular complexity index is 965. The number of hydrogen-bond acceptors (Lipinski definition) is 4. The quantitative estimate of drug-likeness (QED) is 0.518. The highest BCUT2D eigenvalue weighted by atomic mass is 32.1. The molecule has 4 heteroatoms. The molecular formula is C22H19N3S. The van der Waals surface area contributed by atoms with Crippen LogP contribution >= 0.6 is 11.3 Å². The van der Waals surface area contributed by atoms with Gasteiger partial charge in [-0.2, -0.15) is 0 Å². The van der Waals surface area contributed by atoms with E-state index in [9.17, 15) is 0 Å². The monoisotopic (exact) mass is 357 g/mol. The lowest BCUT2D eigenvalue weighted by Gasteiger charge is -2.06. The van der Waals surface area contributed by atoms with Crippen LogP contribution in [0.25, 0.3) is 21.7 Å². The summed E-state index contributed by atoms with van der Waals surface area (Å²) in [5.74, 6) is 0. The molecule has 0 bridgehead atoms. The lowest BCUT2D eigenvalue weighted by atomic mass is 10.0. The van der Waals surface area contributed by atoms with Gasteiger partial charge in [0.25, 0.3) is 0 Å². The fourth-order valence-corrected chi connectivity index (χ4v) is 3.73. The first-order valence-corrected chi connectivity index (χ1v) is 9.43. The first-order valence-electron chi connectivity index (χ1n) is 8.62. The molecule has 0 saturated carbocycles. The van der Waals surface area contributed by atoms with E-state index in [-0.39, 0.29) is 0 Å². The maximum absolute atomic E-state index is 4.43. The van der Waals surface area contributed by atoms with Gasteiger partial charge >= 0.3 is 0 Å². The van der Waals surface area contributed by atoms with Crippen LogP contribution in [0.4, 0.5) is 0 Å². The summed E-state index contributed by atoms with van der Waals surface area (Å²) in [4.78, 5) is 0. The maximum Gasteiger partial charge on any atom is 0.148 e. The zero-order valence-electron chi connectivity index (χ0n) is 14.3. The molecule has 0 spiro atoms. The molecule has 0 saturated heterocycles. The topological polar surface area (TPSA) is 37.8 Å². The van der Waals surface area contributed by atoms with Crippen molar-refractivity contribution in [3.05, 3.63) is 95.5 Å². The van der Waals surface area contributed by atoms with Gasteiger partial charge in [-0.05, 0) is 16.7 Å². The standard InChI is InChI=1S/C22H19N3S/c1-3-9-17(10-4-1)15-23-16-21-24-25-22(26-21)20-14-8-7-13-19(20)18-11-5-2-6-12-18/h1-14,23H,15-16H2. The Labute approximate surface area is 157 Å². The van der Waals surface area contributed by atoms with Gasteiger partial charge in [-0.1, -0.05) is 96.3 Å². The van der Waals surface area contributed by atoms with Crippen LogP contribution in [0.5, 0.6) is 0 Å². The molecule has 0 fully saturated rings. The lowest BCUT2D eigenvalue weighted by Crippen LogP contribution is -2.12. The maximum atomic E-state index is 4.43. The number of benzene rings is 3. The highest BCUT2D eigenvalue weighted by Gasteiger charge is 2.11. The van der Waals surface area contributed by atoms with E-state index in [0.717, 1.165) is 28.7 Å². The molecule has 0 radical (unpaired) electrons. The van der Waals surface area contributed by atoms with Crippen molar-refractivity contribution in [2.45, 2.75) is 13.1 Å². The van der Waals surface area contributed by atoms with Gasteiger partial charge in [0.2, 0.25) is 0 Å². The Morgan fingerprint density at radius 1 is 0.654 bits per heavy atom. The number of nitrogens with one attached hydrogen (secondary N) is 1. The molecule has 4 aromatic rings. The molecule has 1 N–H and O–H groups in total. The van der Waals surface area contributed by atoms with E-state index in [1.807, 2.05) is 12.1 Å². The van der Waals surface area contributed by atoms with Crippen molar-refractivity contribution in [1.29, 1.82) is 0 Å². The second-order valence-electron chi connectivity index (χ2n) is 6.00. The second-order valence-corrected chi connectivity index (χ2v) is 7.06. The number of aromatic nitrogens is 2. The van der Waals surface area contributed by atoms with Crippen LogP contribution in [0.2, 0.25) is 0 Å². The fourth-order valence-electron chi connectivity index (χ4n) is 2.88. The first kappa shape index (κ1) is 16.6. The van der Waals surface area contributed by atoms with Gasteiger partial charge < -0.3 is 5.32 Å². The number of nitrogens with zero attached hydrogens (tertiary/aromatic N) is 2. The highest BCUT2D eigenvalue weighted by molar-refractivity contribution is 7.14. The number of hydrogen-bond donors (Lipinski definition) is 1. The van der Waals surface area contributed by atoms with Crippen LogP contribution in [0.1, 0.15) is 10.6 Å². The van der Waals surface area contributed by atoms with Crippen LogP contribution in [-0.4, -0.2) is 10.2 Å². The Morgan fingerprint density at radius 2 is 1.31 bits per heavy atom. The third-order valence-electron chi connectivity index (χ3n) is 4.16. The first-order chi connectivity index (χ1) is 12.9. The predicted octanol–water partition coefficient (Wildman–Crippen LogP) is 5.16. The minimum absolute atomic E-state index is 0.722. The average molecular weight is 357 g/mol. The lowest BCUT2D eigenvalue weighted by molar-refractivity contribution is 0.684. The minimum atomic E-state index is 0.722. The Hall–Kier alpha value is -2.82. The third kappa shape index (κ3) is 3.87. The van der Waals surface area contributed by atoms with Gasteiger partial charge in [0.1, 0.15) is 10.0 Å². The summed E-state index contributed by atoms with van der Waals surface area (Å²) in [7, 11) is 0. The van der Waals surface area contributed by atoms with Gasteiger partial charge in [-0.25, -0.2) is 0 Å². The molecule has 0 atom stereocenters. The molecule has 0 aliphatic heterocycles. The summed E-state index contributed by atoms with van der Waals surface area (Å²) in [5, 5.41) is 14.2. The molecule has 3 nitrogen and oxygen atoms in total. The summed E-state index contributed by atoms with van der Waals surface area (Å²) in [5.41, 5.74) is 4.78. The van der Waals surface area contributed by atoms with Crippen molar-refractivity contribution in [1.82, 2.24) is 15.5 Å². The van der Waals surface area contributed by atoms with Crippen LogP contribution < -0.4 is 5.32 Å². The Morgan fingerprint density at radius 3 is 2.08 bits per heavy atom. The van der Waals surface area contributed by atoms with E-state index < -0.39 is 0 Å². The summed E-state index contributed by atoms with van der Waals surface area (Å²) in [6, 6.07) is 29.2. The van der Waals surface area contributed by atoms with Gasteiger partial charge in [-0.15, -0.1) is 10.2 Å². The molecule has 1 aromatic heterocycles. The van der Waals surface area contributed by atoms with Crippen molar-refractivity contribution in [2.24, 2.45) is 0 Å². The molecule has 4 rings (SSSR count). The number of rotatable bonds is 6. The molecule has 3 aromatic carbocycles. The van der Waals surface area contributed by atoms with E-state index in [2.05, 4.69) is 88.3 Å². The van der Waals surface area contributed by atoms with E-state index in [1.165, 1.54) is 16.7 Å². The molecule has 0 amide bonds. The fraction of sp³-hybridized carbons (Fsp3) is 0.0909. The summed E-state index contributed by atoms with van der Waals surface area (Å²) in [6.07, 6.45) is 0. The van der Waals surface area contributed by atoms with Gasteiger partial charge in [0.15, 0.2) is 0 Å². The van der Waals surface area contributed by atoms with Crippen molar-refractivity contribution in [3.63, 3.8) is 0 Å². The van der Waals surface area contributed by atoms with Crippen LogP contribution in [0.3, 0.4) is 0 Å². The van der Waals surface area contributed by atoms with E-state index in [1.54, 1.807) is 11.3 Å².